The SMILES string of the molecule is CC(CC(=O)NCc1nnc2n1CCCC2)C1CCCNC1. The van der Waals surface area contributed by atoms with Gasteiger partial charge in [0.15, 0.2) is 5.82 Å². The number of aromatic nitrogens is 3. The molecule has 1 aromatic rings. The van der Waals surface area contributed by atoms with Crippen LogP contribution in [0.15, 0.2) is 0 Å². The number of aryl methyl sites for hydroxylation is 1. The predicted octanol–water partition coefficient (Wildman–Crippen LogP) is 1.26. The van der Waals surface area contributed by atoms with Crippen LogP contribution in [0.1, 0.15) is 50.7 Å². The smallest absolute Gasteiger partial charge is 0.220 e. The second kappa shape index (κ2) is 7.22. The van der Waals surface area contributed by atoms with Gasteiger partial charge in [0.1, 0.15) is 5.82 Å². The van der Waals surface area contributed by atoms with Crippen LogP contribution in [0.2, 0.25) is 0 Å². The largest absolute Gasteiger partial charge is 0.349 e. The van der Waals surface area contributed by atoms with Gasteiger partial charge in [-0.1, -0.05) is 6.92 Å². The maximum atomic E-state index is 12.2. The fourth-order valence-electron chi connectivity index (χ4n) is 3.57. The van der Waals surface area contributed by atoms with Gasteiger partial charge in [-0.05, 0) is 50.6 Å². The van der Waals surface area contributed by atoms with E-state index in [0.717, 1.165) is 37.7 Å². The molecule has 22 heavy (non-hydrogen) atoms. The van der Waals surface area contributed by atoms with Crippen molar-refractivity contribution < 1.29 is 4.79 Å². The Morgan fingerprint density at radius 2 is 2.32 bits per heavy atom. The van der Waals surface area contributed by atoms with Crippen LogP contribution in [0.4, 0.5) is 0 Å². The van der Waals surface area contributed by atoms with Crippen LogP contribution in [0.25, 0.3) is 0 Å². The van der Waals surface area contributed by atoms with Crippen molar-refractivity contribution in [3.8, 4) is 0 Å². The van der Waals surface area contributed by atoms with Gasteiger partial charge in [-0.3, -0.25) is 4.79 Å². The molecule has 6 nitrogen and oxygen atoms in total. The number of fused-ring (bicyclic) bond motifs is 1. The third-order valence-corrected chi connectivity index (χ3v) is 5.03. The monoisotopic (exact) mass is 305 g/mol. The van der Waals surface area contributed by atoms with Crippen LogP contribution < -0.4 is 10.6 Å². The van der Waals surface area contributed by atoms with Gasteiger partial charge >= 0.3 is 0 Å². The van der Waals surface area contributed by atoms with Crippen LogP contribution in [-0.4, -0.2) is 33.8 Å². The molecule has 0 aromatic carbocycles. The summed E-state index contributed by atoms with van der Waals surface area (Å²) in [5, 5.41) is 14.9. The van der Waals surface area contributed by atoms with E-state index >= 15 is 0 Å². The number of carbonyl (C=O) groups excluding carboxylic acids is 1. The zero-order valence-corrected chi connectivity index (χ0v) is 13.5. The normalized spacial score (nSPS) is 22.9. The summed E-state index contributed by atoms with van der Waals surface area (Å²) in [6, 6.07) is 0. The Balaban J connectivity index is 1.47. The average molecular weight is 305 g/mol. The van der Waals surface area contributed by atoms with E-state index < -0.39 is 0 Å². The van der Waals surface area contributed by atoms with Crippen LogP contribution in [0, 0.1) is 11.8 Å². The molecular weight excluding hydrogens is 278 g/mol. The molecule has 2 unspecified atom stereocenters. The van der Waals surface area contributed by atoms with Crippen LogP contribution >= 0.6 is 0 Å². The van der Waals surface area contributed by atoms with E-state index in [-0.39, 0.29) is 5.91 Å². The lowest BCUT2D eigenvalue weighted by atomic mass is 9.85. The molecule has 2 aliphatic rings. The molecule has 2 atom stereocenters. The minimum Gasteiger partial charge on any atom is -0.349 e. The predicted molar refractivity (Wildman–Crippen MR) is 84.2 cm³/mol. The van der Waals surface area contributed by atoms with Crippen LogP contribution in [0.5, 0.6) is 0 Å². The highest BCUT2D eigenvalue weighted by Crippen LogP contribution is 2.22. The topological polar surface area (TPSA) is 71.8 Å². The maximum absolute atomic E-state index is 12.2. The van der Waals surface area contributed by atoms with E-state index in [9.17, 15) is 4.79 Å². The zero-order valence-electron chi connectivity index (χ0n) is 13.5. The molecule has 0 saturated carbocycles. The summed E-state index contributed by atoms with van der Waals surface area (Å²) < 4.78 is 2.16. The summed E-state index contributed by atoms with van der Waals surface area (Å²) in [5.41, 5.74) is 0. The summed E-state index contributed by atoms with van der Waals surface area (Å²) in [6.45, 7) is 5.84. The molecule has 0 radical (unpaired) electrons. The standard InChI is InChI=1S/C16H27N5O/c1-12(13-5-4-7-17-10-13)9-16(22)18-11-15-20-19-14-6-2-3-8-21(14)15/h12-13,17H,2-11H2,1H3,(H,18,22). The minimum absolute atomic E-state index is 0.131. The van der Waals surface area contributed by atoms with Crippen molar-refractivity contribution >= 4 is 5.91 Å². The number of nitrogens with one attached hydrogen (secondary N) is 2. The molecule has 3 rings (SSSR count). The number of carbonyl (C=O) groups is 1. The van der Waals surface area contributed by atoms with Gasteiger partial charge < -0.3 is 15.2 Å². The highest BCUT2D eigenvalue weighted by Gasteiger charge is 2.22. The molecule has 0 spiro atoms. The van der Waals surface area contributed by atoms with Gasteiger partial charge in [-0.15, -0.1) is 10.2 Å². The molecule has 1 aromatic heterocycles. The van der Waals surface area contributed by atoms with Crippen LogP contribution in [0.3, 0.4) is 0 Å². The molecule has 1 saturated heterocycles. The quantitative estimate of drug-likeness (QED) is 0.859. The number of nitrogens with zero attached hydrogens (tertiary/aromatic N) is 3. The Hall–Kier alpha value is -1.43. The summed E-state index contributed by atoms with van der Waals surface area (Å²) in [4.78, 5) is 12.2. The van der Waals surface area contributed by atoms with E-state index in [0.29, 0.717) is 24.8 Å². The van der Waals surface area contributed by atoms with Crippen molar-refractivity contribution in [1.82, 2.24) is 25.4 Å². The first-order chi connectivity index (χ1) is 10.7. The Labute approximate surface area is 132 Å². The average Bonchev–Trinajstić information content (AvgIpc) is 2.97. The summed E-state index contributed by atoms with van der Waals surface area (Å²) >= 11 is 0. The maximum Gasteiger partial charge on any atom is 0.220 e. The third kappa shape index (κ3) is 3.66. The molecule has 122 valence electrons. The number of amides is 1. The van der Waals surface area contributed by atoms with E-state index in [4.69, 9.17) is 0 Å². The molecule has 6 heteroatoms. The molecule has 1 amide bonds. The first-order valence-corrected chi connectivity index (χ1v) is 8.62. The summed E-state index contributed by atoms with van der Waals surface area (Å²) in [5.74, 6) is 3.15. The minimum atomic E-state index is 0.131. The Morgan fingerprint density at radius 3 is 3.14 bits per heavy atom. The van der Waals surface area contributed by atoms with Crippen molar-refractivity contribution in [1.29, 1.82) is 0 Å². The Morgan fingerprint density at radius 1 is 1.41 bits per heavy atom. The Bertz CT molecular complexity index is 507. The van der Waals surface area contributed by atoms with Gasteiger partial charge in [-0.25, -0.2) is 0 Å². The first-order valence-electron chi connectivity index (χ1n) is 8.62. The van der Waals surface area contributed by atoms with E-state index in [1.165, 1.54) is 25.7 Å². The van der Waals surface area contributed by atoms with E-state index in [2.05, 4.69) is 32.3 Å². The highest BCUT2D eigenvalue weighted by molar-refractivity contribution is 5.76. The van der Waals surface area contributed by atoms with Crippen molar-refractivity contribution in [2.24, 2.45) is 11.8 Å². The van der Waals surface area contributed by atoms with E-state index in [1.807, 2.05) is 0 Å². The highest BCUT2D eigenvalue weighted by atomic mass is 16.1. The lowest BCUT2D eigenvalue weighted by Gasteiger charge is -2.28. The van der Waals surface area contributed by atoms with E-state index in [1.54, 1.807) is 0 Å². The molecule has 2 N–H and O–H groups in total. The number of hydrogen-bond acceptors (Lipinski definition) is 4. The van der Waals surface area contributed by atoms with Crippen molar-refractivity contribution in [2.45, 2.75) is 58.5 Å². The van der Waals surface area contributed by atoms with Gasteiger partial charge in [0.2, 0.25) is 5.91 Å². The van der Waals surface area contributed by atoms with Gasteiger partial charge in [0.25, 0.3) is 0 Å². The Kier molecular flexibility index (Phi) is 5.08. The van der Waals surface area contributed by atoms with Crippen molar-refractivity contribution in [3.63, 3.8) is 0 Å². The second-order valence-electron chi connectivity index (χ2n) is 6.71. The zero-order chi connectivity index (χ0) is 15.4. The molecular formula is C16H27N5O. The molecule has 0 aliphatic carbocycles. The first kappa shape index (κ1) is 15.5. The van der Waals surface area contributed by atoms with Crippen LogP contribution in [-0.2, 0) is 24.3 Å². The lowest BCUT2D eigenvalue weighted by molar-refractivity contribution is -0.122. The van der Waals surface area contributed by atoms with Gasteiger partial charge in [0.05, 0.1) is 6.54 Å². The van der Waals surface area contributed by atoms with Gasteiger partial charge in [0, 0.05) is 19.4 Å². The number of piperidine rings is 1. The molecule has 0 bridgehead atoms. The molecule has 2 aliphatic heterocycles. The summed E-state index contributed by atoms with van der Waals surface area (Å²) in [6.07, 6.45) is 6.44. The third-order valence-electron chi connectivity index (χ3n) is 5.03. The fraction of sp³-hybridized carbons (Fsp3) is 0.812. The van der Waals surface area contributed by atoms with Crippen molar-refractivity contribution in [3.05, 3.63) is 11.6 Å². The second-order valence-corrected chi connectivity index (χ2v) is 6.71. The lowest BCUT2D eigenvalue weighted by Crippen LogP contribution is -2.35. The summed E-state index contributed by atoms with van der Waals surface area (Å²) in [7, 11) is 0. The molecule has 1 fully saturated rings. The fourth-order valence-corrected chi connectivity index (χ4v) is 3.57. The van der Waals surface area contributed by atoms with Crippen molar-refractivity contribution in [2.75, 3.05) is 13.1 Å². The number of hydrogen-bond donors (Lipinski definition) is 2. The van der Waals surface area contributed by atoms with Gasteiger partial charge in [-0.2, -0.15) is 0 Å². The molecule has 3 heterocycles. The number of rotatable bonds is 5.